The number of aliphatic hydroxyl groups is 1. The predicted octanol–water partition coefficient (Wildman–Crippen LogP) is 8.07. The molecule has 8 nitrogen and oxygen atoms in total. The second kappa shape index (κ2) is 23.3. The van der Waals surface area contributed by atoms with E-state index in [0.717, 1.165) is 12.5 Å². The smallest absolute Gasteiger partial charge is 0.311 e. The maximum absolute atomic E-state index is 9.82. The maximum atomic E-state index is 9.82. The van der Waals surface area contributed by atoms with Gasteiger partial charge < -0.3 is 35.8 Å². The second-order valence-electron chi connectivity index (χ2n) is 14.7. The lowest BCUT2D eigenvalue weighted by atomic mass is 10.4. The van der Waals surface area contributed by atoms with Crippen LogP contribution in [0, 0.1) is 0 Å². The lowest BCUT2D eigenvalue weighted by molar-refractivity contribution is -0.0281. The Hall–Kier alpha value is 0.981. The largest absolute Gasteiger partial charge is 0.440 e. The highest BCUT2D eigenvalue weighted by molar-refractivity contribution is 6.88. The van der Waals surface area contributed by atoms with Crippen LogP contribution in [0.25, 0.3) is 0 Å². The van der Waals surface area contributed by atoms with Gasteiger partial charge in [0.15, 0.2) is 34.0 Å². The number of ether oxygens (including phenoxy) is 3. The molecule has 0 fully saturated rings. The molecule has 0 rings (SSSR count). The summed E-state index contributed by atoms with van der Waals surface area (Å²) in [6.07, 6.45) is 5.37. The van der Waals surface area contributed by atoms with Crippen LogP contribution in [0.3, 0.4) is 0 Å². The fraction of sp³-hybridized carbons (Fsp3) is 1.00. The second-order valence-corrected chi connectivity index (χ2v) is 37.8. The summed E-state index contributed by atoms with van der Waals surface area (Å²) in [7, 11) is -8.18. The van der Waals surface area contributed by atoms with E-state index in [1.54, 1.807) is 7.11 Å². The van der Waals surface area contributed by atoms with Crippen molar-refractivity contribution in [2.75, 3.05) is 40.1 Å². The van der Waals surface area contributed by atoms with Gasteiger partial charge in [-0.3, -0.25) is 0 Å². The van der Waals surface area contributed by atoms with Gasteiger partial charge in [-0.25, -0.2) is 0 Å². The Balaban J connectivity index is 0. The third-order valence-corrected chi connectivity index (χ3v) is 27.8. The van der Waals surface area contributed by atoms with Crippen LogP contribution in [0.1, 0.15) is 46.0 Å². The molecule has 0 bridgehead atoms. The van der Waals surface area contributed by atoms with Crippen molar-refractivity contribution in [1.82, 2.24) is 0 Å². The van der Waals surface area contributed by atoms with Gasteiger partial charge in [0.1, 0.15) is 6.10 Å². The lowest BCUT2D eigenvalue weighted by Gasteiger charge is -2.38. The van der Waals surface area contributed by atoms with Crippen LogP contribution in [0.5, 0.6) is 0 Å². The molecule has 43 heavy (non-hydrogen) atoms. The van der Waals surface area contributed by atoms with Crippen molar-refractivity contribution in [3.63, 3.8) is 0 Å². The van der Waals surface area contributed by atoms with E-state index in [1.165, 1.54) is 37.8 Å². The van der Waals surface area contributed by atoms with Gasteiger partial charge in [-0.1, -0.05) is 39.5 Å². The molecular formula is C29H74O8Si6. The van der Waals surface area contributed by atoms with E-state index in [0.29, 0.717) is 26.4 Å². The number of unbranched alkanes of at least 4 members (excludes halogenated alkanes) is 2. The molecule has 1 N–H and O–H groups in total. The van der Waals surface area contributed by atoms with Gasteiger partial charge in [-0.15, -0.1) is 0 Å². The molecule has 262 valence electrons. The first kappa shape index (κ1) is 46.1. The molecule has 0 amide bonds. The van der Waals surface area contributed by atoms with Gasteiger partial charge in [0.2, 0.25) is 0 Å². The SMILES string of the molecule is CCCC[Si](C)(C)O[Si](C)(C)O[SiH](C)C.CCCC[Si](C)(C)O[Si](C)(C)O[Si](C)(C)CCCOCC(O)COCCOC. The minimum atomic E-state index is -2.12. The van der Waals surface area contributed by atoms with Gasteiger partial charge >= 0.3 is 17.1 Å². The number of rotatable bonds is 25. The Morgan fingerprint density at radius 1 is 0.581 bits per heavy atom. The van der Waals surface area contributed by atoms with Crippen LogP contribution in [-0.2, 0) is 30.7 Å². The normalized spacial score (nSPS) is 14.2. The Labute approximate surface area is 274 Å². The Bertz CT molecular complexity index is 681. The highest BCUT2D eigenvalue weighted by atomic mass is 28.5. The van der Waals surface area contributed by atoms with Gasteiger partial charge in [0, 0.05) is 13.7 Å². The van der Waals surface area contributed by atoms with Crippen molar-refractivity contribution in [2.45, 2.75) is 149 Å². The third kappa shape index (κ3) is 30.1. The molecule has 1 atom stereocenters. The number of aliphatic hydroxyl groups excluding tert-OH is 1. The molecule has 0 aliphatic heterocycles. The molecule has 0 aromatic heterocycles. The zero-order valence-electron chi connectivity index (χ0n) is 31.2. The first-order valence-electron chi connectivity index (χ1n) is 16.7. The van der Waals surface area contributed by atoms with Gasteiger partial charge in [-0.2, -0.15) is 0 Å². The quantitative estimate of drug-likeness (QED) is 0.0750. The van der Waals surface area contributed by atoms with Crippen LogP contribution in [-0.4, -0.2) is 102 Å². The summed E-state index contributed by atoms with van der Waals surface area (Å²) in [4.78, 5) is 0. The summed E-state index contributed by atoms with van der Waals surface area (Å²) in [5.41, 5.74) is 0. The Kier molecular flexibility index (Phi) is 25.0. The molecule has 0 radical (unpaired) electrons. The molecule has 0 aliphatic rings. The van der Waals surface area contributed by atoms with Crippen molar-refractivity contribution in [3.05, 3.63) is 0 Å². The van der Waals surface area contributed by atoms with E-state index in [2.05, 4.69) is 92.4 Å². The molecule has 0 saturated carbocycles. The van der Waals surface area contributed by atoms with E-state index in [9.17, 15) is 5.11 Å². The highest BCUT2D eigenvalue weighted by Crippen LogP contribution is 2.26. The fourth-order valence-electron chi connectivity index (χ4n) is 5.20. The van der Waals surface area contributed by atoms with Crippen molar-refractivity contribution in [2.24, 2.45) is 0 Å². The first-order valence-corrected chi connectivity index (χ1v) is 34.5. The molecule has 0 aromatic rings. The molecule has 1 unspecified atom stereocenters. The lowest BCUT2D eigenvalue weighted by Crippen LogP contribution is -2.52. The van der Waals surface area contributed by atoms with Crippen molar-refractivity contribution in [3.8, 4) is 0 Å². The van der Waals surface area contributed by atoms with Crippen LogP contribution < -0.4 is 0 Å². The monoisotopic (exact) mass is 718 g/mol. The summed E-state index contributed by atoms with van der Waals surface area (Å²) < 4.78 is 41.3. The van der Waals surface area contributed by atoms with Crippen molar-refractivity contribution in [1.29, 1.82) is 0 Å². The summed E-state index contributed by atoms with van der Waals surface area (Å²) in [5.74, 6) is 0. The molecule has 14 heteroatoms. The first-order chi connectivity index (χ1) is 19.6. The van der Waals surface area contributed by atoms with Gasteiger partial charge in [0.25, 0.3) is 0 Å². The molecule has 0 spiro atoms. The average Bonchev–Trinajstić information content (AvgIpc) is 2.81. The highest BCUT2D eigenvalue weighted by Gasteiger charge is 2.39. The zero-order valence-corrected chi connectivity index (χ0v) is 37.3. The fourth-order valence-corrected chi connectivity index (χ4v) is 31.5. The maximum Gasteiger partial charge on any atom is 0.311 e. The van der Waals surface area contributed by atoms with E-state index in [-0.39, 0.29) is 6.61 Å². The molecule has 0 aliphatic carbocycles. The van der Waals surface area contributed by atoms with E-state index < -0.39 is 57.2 Å². The van der Waals surface area contributed by atoms with Crippen LogP contribution in [0.15, 0.2) is 0 Å². The Morgan fingerprint density at radius 2 is 0.977 bits per heavy atom. The molecular weight excluding hydrogens is 645 g/mol. The van der Waals surface area contributed by atoms with Gasteiger partial charge in [-0.05, 0) is 103 Å². The number of hydrogen-bond donors (Lipinski definition) is 1. The van der Waals surface area contributed by atoms with E-state index in [4.69, 9.17) is 30.7 Å². The molecule has 0 aromatic carbocycles. The van der Waals surface area contributed by atoms with Crippen molar-refractivity contribution < 1.29 is 35.8 Å². The standard InChI is InChI=1S/C19H46O6Si3.C10H28O2Si3/c1-9-10-15-26(3,4)24-28(7,8)25-27(5,6)16-11-12-22-17-19(20)18-23-14-13-21-2;1-8-9-10-14(4,5)12-15(6,7)11-13(2)3/h19-20H,9-18H2,1-8H3;13H,8-10H2,1-7H3. The summed E-state index contributed by atoms with van der Waals surface area (Å²) in [5, 5.41) is 9.82. The summed E-state index contributed by atoms with van der Waals surface area (Å²) >= 11 is 0. The molecule has 0 heterocycles. The van der Waals surface area contributed by atoms with E-state index >= 15 is 0 Å². The van der Waals surface area contributed by atoms with Crippen molar-refractivity contribution >= 4 is 51.1 Å². The minimum Gasteiger partial charge on any atom is -0.440 e. The molecule has 0 saturated heterocycles. The summed E-state index contributed by atoms with van der Waals surface area (Å²) in [6, 6.07) is 3.50. The van der Waals surface area contributed by atoms with E-state index in [1.807, 2.05) is 0 Å². The average molecular weight is 719 g/mol. The van der Waals surface area contributed by atoms with Crippen LogP contribution in [0.4, 0.5) is 0 Å². The topological polar surface area (TPSA) is 84.8 Å². The zero-order chi connectivity index (χ0) is 33.8. The van der Waals surface area contributed by atoms with Crippen LogP contribution in [0.2, 0.25) is 96.7 Å². The van der Waals surface area contributed by atoms with Crippen LogP contribution >= 0.6 is 0 Å². The summed E-state index contributed by atoms with van der Waals surface area (Å²) in [6.45, 7) is 33.7. The number of hydrogen-bond acceptors (Lipinski definition) is 8. The predicted molar refractivity (Wildman–Crippen MR) is 199 cm³/mol. The number of methoxy groups -OCH3 is 1. The Morgan fingerprint density at radius 3 is 1.37 bits per heavy atom. The minimum absolute atomic E-state index is 0.279. The van der Waals surface area contributed by atoms with Gasteiger partial charge in [0.05, 0.1) is 26.4 Å². The third-order valence-electron chi connectivity index (χ3n) is 6.47.